The second-order valence-corrected chi connectivity index (χ2v) is 0.329. The van der Waals surface area contributed by atoms with Crippen molar-refractivity contribution in [3.8, 4) is 0 Å². The molecule has 0 aliphatic carbocycles. The Balaban J connectivity index is -0.0000000315. The number of hydrogen-bond acceptors (Lipinski definition) is 4. The average molecular weight is 152 g/mol. The van der Waals surface area contributed by atoms with Crippen molar-refractivity contribution in [2.24, 2.45) is 0 Å². The lowest BCUT2D eigenvalue weighted by molar-refractivity contribution is -0.141. The largest absolute Gasteiger partial charge is 0.400 e. The summed E-state index contributed by atoms with van der Waals surface area (Å²) < 4.78 is 3.47. The van der Waals surface area contributed by atoms with Gasteiger partial charge in [-0.15, -0.1) is 0 Å². The SMILES string of the molecule is C.CC.CO.O=COC=O. The maximum Gasteiger partial charge on any atom is 0.300 e. The van der Waals surface area contributed by atoms with Gasteiger partial charge in [0, 0.05) is 7.11 Å². The molecule has 0 radical (unpaired) electrons. The average Bonchev–Trinajstić information content (AvgIpc) is 1.98. The van der Waals surface area contributed by atoms with Gasteiger partial charge in [-0.3, -0.25) is 9.59 Å². The zero-order valence-corrected chi connectivity index (χ0v) is 5.83. The molecule has 0 aromatic carbocycles. The third-order valence-corrected chi connectivity index (χ3v) is 0.111. The van der Waals surface area contributed by atoms with Crippen molar-refractivity contribution in [2.75, 3.05) is 7.11 Å². The molecule has 0 rings (SSSR count). The Labute approximate surface area is 61.8 Å². The highest BCUT2D eigenvalue weighted by molar-refractivity contribution is 5.55. The van der Waals surface area contributed by atoms with Gasteiger partial charge in [0.25, 0.3) is 0 Å². The second-order valence-electron chi connectivity index (χ2n) is 0.329. The highest BCUT2D eigenvalue weighted by atomic mass is 16.6. The summed E-state index contributed by atoms with van der Waals surface area (Å²) in [5.41, 5.74) is 0. The first-order valence-corrected chi connectivity index (χ1v) is 2.39. The minimum Gasteiger partial charge on any atom is -0.400 e. The fraction of sp³-hybridized carbons (Fsp3) is 0.667. The fourth-order valence-corrected chi connectivity index (χ4v) is 0.0227. The summed E-state index contributed by atoms with van der Waals surface area (Å²) in [6.07, 6.45) is 0. The van der Waals surface area contributed by atoms with E-state index < -0.39 is 0 Å². The zero-order chi connectivity index (χ0) is 8.12. The number of carbonyl (C=O) groups is 2. The Morgan fingerprint density at radius 2 is 1.30 bits per heavy atom. The molecule has 0 aliphatic heterocycles. The van der Waals surface area contributed by atoms with Gasteiger partial charge in [0.05, 0.1) is 0 Å². The maximum atomic E-state index is 8.95. The van der Waals surface area contributed by atoms with Gasteiger partial charge in [-0.25, -0.2) is 0 Å². The van der Waals surface area contributed by atoms with Crippen LogP contribution in [0.2, 0.25) is 0 Å². The van der Waals surface area contributed by atoms with Crippen LogP contribution in [0.25, 0.3) is 0 Å². The van der Waals surface area contributed by atoms with Gasteiger partial charge >= 0.3 is 12.9 Å². The van der Waals surface area contributed by atoms with E-state index in [0.717, 1.165) is 7.11 Å². The number of aliphatic hydroxyl groups is 1. The van der Waals surface area contributed by atoms with Crippen molar-refractivity contribution < 1.29 is 19.4 Å². The maximum absolute atomic E-state index is 8.95. The van der Waals surface area contributed by atoms with Crippen LogP contribution in [-0.2, 0) is 14.3 Å². The molecule has 0 unspecified atom stereocenters. The van der Waals surface area contributed by atoms with E-state index in [-0.39, 0.29) is 20.4 Å². The van der Waals surface area contributed by atoms with Crippen LogP contribution in [0.3, 0.4) is 0 Å². The molecule has 0 atom stereocenters. The molecule has 4 nitrogen and oxygen atoms in total. The van der Waals surface area contributed by atoms with Crippen molar-refractivity contribution in [2.45, 2.75) is 21.3 Å². The molecule has 0 spiro atoms. The smallest absolute Gasteiger partial charge is 0.300 e. The number of rotatable bonds is 2. The molecule has 0 bridgehead atoms. The number of carbonyl (C=O) groups excluding carboxylic acids is 2. The minimum atomic E-state index is 0. The van der Waals surface area contributed by atoms with E-state index >= 15 is 0 Å². The summed E-state index contributed by atoms with van der Waals surface area (Å²) >= 11 is 0. The molecule has 0 aliphatic rings. The van der Waals surface area contributed by atoms with Crippen molar-refractivity contribution in [3.63, 3.8) is 0 Å². The fourth-order valence-electron chi connectivity index (χ4n) is 0.0227. The van der Waals surface area contributed by atoms with Crippen molar-refractivity contribution in [3.05, 3.63) is 0 Å². The molecule has 10 heavy (non-hydrogen) atoms. The van der Waals surface area contributed by atoms with Crippen LogP contribution in [0.1, 0.15) is 21.3 Å². The predicted octanol–water partition coefficient (Wildman–Crippen LogP) is 0.587. The monoisotopic (exact) mass is 152 g/mol. The van der Waals surface area contributed by atoms with Crippen LogP contribution in [0.5, 0.6) is 0 Å². The summed E-state index contributed by atoms with van der Waals surface area (Å²) in [6, 6.07) is 0. The van der Waals surface area contributed by atoms with Crippen molar-refractivity contribution >= 4 is 12.9 Å². The Kier molecular flexibility index (Phi) is 213. The molecule has 0 amide bonds. The van der Waals surface area contributed by atoms with E-state index in [9.17, 15) is 0 Å². The number of hydrogen-bond donors (Lipinski definition) is 1. The van der Waals surface area contributed by atoms with E-state index in [1.54, 1.807) is 0 Å². The highest BCUT2D eigenvalue weighted by Crippen LogP contribution is 1.40. The Morgan fingerprint density at radius 1 is 1.10 bits per heavy atom. The zero-order valence-electron chi connectivity index (χ0n) is 5.83. The van der Waals surface area contributed by atoms with Crippen molar-refractivity contribution in [1.82, 2.24) is 0 Å². The van der Waals surface area contributed by atoms with Crippen molar-refractivity contribution in [1.29, 1.82) is 0 Å². The molecular formula is C6H16O4. The van der Waals surface area contributed by atoms with Crippen LogP contribution in [0.4, 0.5) is 0 Å². The summed E-state index contributed by atoms with van der Waals surface area (Å²) in [6.45, 7) is 4.12. The van der Waals surface area contributed by atoms with Crippen LogP contribution in [0.15, 0.2) is 0 Å². The summed E-state index contributed by atoms with van der Waals surface area (Å²) in [4.78, 5) is 17.9. The summed E-state index contributed by atoms with van der Waals surface area (Å²) in [5, 5.41) is 7.00. The van der Waals surface area contributed by atoms with E-state index in [1.165, 1.54) is 0 Å². The molecule has 0 saturated heterocycles. The topological polar surface area (TPSA) is 63.6 Å². The first kappa shape index (κ1) is 23.0. The summed E-state index contributed by atoms with van der Waals surface area (Å²) in [5.74, 6) is 0. The number of ether oxygens (including phenoxy) is 1. The van der Waals surface area contributed by atoms with E-state index in [1.807, 2.05) is 13.8 Å². The van der Waals surface area contributed by atoms with Gasteiger partial charge in [0.15, 0.2) is 0 Å². The Morgan fingerprint density at radius 3 is 1.30 bits per heavy atom. The van der Waals surface area contributed by atoms with Gasteiger partial charge in [-0.1, -0.05) is 21.3 Å². The molecule has 64 valence electrons. The van der Waals surface area contributed by atoms with Gasteiger partial charge in [0.1, 0.15) is 0 Å². The van der Waals surface area contributed by atoms with Crippen LogP contribution < -0.4 is 0 Å². The quantitative estimate of drug-likeness (QED) is 0.464. The molecule has 0 saturated carbocycles. The van der Waals surface area contributed by atoms with E-state index in [2.05, 4.69) is 4.74 Å². The molecule has 0 aromatic rings. The third-order valence-electron chi connectivity index (χ3n) is 0.111. The first-order chi connectivity index (χ1) is 4.41. The molecule has 4 heteroatoms. The van der Waals surface area contributed by atoms with Crippen LogP contribution in [-0.4, -0.2) is 25.2 Å². The minimum absolute atomic E-state index is 0. The van der Waals surface area contributed by atoms with Gasteiger partial charge in [0.2, 0.25) is 0 Å². The lowest BCUT2D eigenvalue weighted by Crippen LogP contribution is -1.77. The first-order valence-electron chi connectivity index (χ1n) is 2.39. The lowest BCUT2D eigenvalue weighted by Gasteiger charge is -1.65. The van der Waals surface area contributed by atoms with Gasteiger partial charge in [-0.2, -0.15) is 0 Å². The Hall–Kier alpha value is -0.900. The third kappa shape index (κ3) is 218. The van der Waals surface area contributed by atoms with Gasteiger partial charge in [-0.05, 0) is 0 Å². The Bertz CT molecular complexity index is 39.0. The normalized spacial score (nSPS) is 4.00. The second kappa shape index (κ2) is 92.6. The summed E-state index contributed by atoms with van der Waals surface area (Å²) in [7, 11) is 1.00. The molecule has 0 fully saturated rings. The number of aliphatic hydroxyl groups excluding tert-OH is 1. The molecule has 0 aromatic heterocycles. The van der Waals surface area contributed by atoms with Gasteiger partial charge < -0.3 is 9.84 Å². The molecule has 0 heterocycles. The predicted molar refractivity (Wildman–Crippen MR) is 39.4 cm³/mol. The standard InChI is InChI=1S/C2H2O3.C2H6.CH4O.CH4/c3-1-5-2-4;2*1-2;/h1-2H;1-2H3;2H,1H3;1H4. The molecule has 1 N–H and O–H groups in total. The van der Waals surface area contributed by atoms with E-state index in [0.29, 0.717) is 0 Å². The highest BCUT2D eigenvalue weighted by Gasteiger charge is 1.58. The van der Waals surface area contributed by atoms with Crippen LogP contribution >= 0.6 is 0 Å². The van der Waals surface area contributed by atoms with Crippen LogP contribution in [0, 0.1) is 0 Å². The lowest BCUT2D eigenvalue weighted by atomic mass is 11.0. The van der Waals surface area contributed by atoms with E-state index in [4.69, 9.17) is 14.7 Å². The molecular weight excluding hydrogens is 136 g/mol.